The van der Waals surface area contributed by atoms with Gasteiger partial charge in [-0.1, -0.05) is 56.6 Å². The van der Waals surface area contributed by atoms with Crippen molar-refractivity contribution in [3.05, 3.63) is 36.0 Å². The molecule has 24 heavy (non-hydrogen) atoms. The van der Waals surface area contributed by atoms with Gasteiger partial charge in [0.25, 0.3) is 0 Å². The lowest BCUT2D eigenvalue weighted by atomic mass is 9.95. The molecule has 1 N–H and O–H groups in total. The number of hydrogen-bond donors (Lipinski definition) is 1. The third kappa shape index (κ3) is 8.25. The maximum atomic E-state index is 12.0. The van der Waals surface area contributed by atoms with E-state index in [9.17, 15) is 19.8 Å². The normalized spacial score (nSPS) is 19.3. The van der Waals surface area contributed by atoms with Crippen LogP contribution < -0.4 is 5.11 Å². The van der Waals surface area contributed by atoms with E-state index in [2.05, 4.69) is 6.92 Å². The highest BCUT2D eigenvalue weighted by molar-refractivity contribution is 5.89. The van der Waals surface area contributed by atoms with E-state index in [0.29, 0.717) is 25.7 Å². The van der Waals surface area contributed by atoms with Gasteiger partial charge in [0, 0.05) is 18.3 Å². The summed E-state index contributed by atoms with van der Waals surface area (Å²) in [6.45, 7) is 2.13. The van der Waals surface area contributed by atoms with Gasteiger partial charge in [0.2, 0.25) is 0 Å². The molecule has 4 heteroatoms. The molecule has 0 aromatic heterocycles. The Morgan fingerprint density at radius 1 is 1.38 bits per heavy atom. The summed E-state index contributed by atoms with van der Waals surface area (Å²) in [7, 11) is 0. The van der Waals surface area contributed by atoms with Gasteiger partial charge in [0.15, 0.2) is 0 Å². The monoisotopic (exact) mass is 333 g/mol. The molecule has 4 nitrogen and oxygen atoms in total. The molecule has 0 amide bonds. The minimum atomic E-state index is -1.03. The number of Topliss-reactive ketones (excluding diaryl/α,β-unsaturated/α-hetero) is 1. The molecule has 1 aliphatic carbocycles. The fourth-order valence-electron chi connectivity index (χ4n) is 2.78. The summed E-state index contributed by atoms with van der Waals surface area (Å²) in [5, 5.41) is 20.3. The Hall–Kier alpha value is -1.68. The van der Waals surface area contributed by atoms with Gasteiger partial charge in [-0.2, -0.15) is 0 Å². The lowest BCUT2D eigenvalue weighted by Crippen LogP contribution is -2.21. The number of carboxylic acids is 1. The average Bonchev–Trinajstić information content (AvgIpc) is 2.89. The number of carbonyl (C=O) groups is 2. The van der Waals surface area contributed by atoms with Gasteiger partial charge in [-0.15, -0.1) is 0 Å². The quantitative estimate of drug-likeness (QED) is 0.440. The van der Waals surface area contributed by atoms with E-state index in [4.69, 9.17) is 0 Å². The van der Waals surface area contributed by atoms with Gasteiger partial charge in [-0.3, -0.25) is 4.79 Å². The number of allylic oxidation sites excluding steroid dienone is 5. The zero-order valence-corrected chi connectivity index (χ0v) is 14.6. The molecule has 134 valence electrons. The number of ketones is 1. The van der Waals surface area contributed by atoms with Crippen LogP contribution in [-0.4, -0.2) is 23.0 Å². The van der Waals surface area contributed by atoms with Crippen molar-refractivity contribution in [2.45, 2.75) is 70.8 Å². The van der Waals surface area contributed by atoms with Crippen molar-refractivity contribution in [1.82, 2.24) is 0 Å². The van der Waals surface area contributed by atoms with E-state index >= 15 is 0 Å². The van der Waals surface area contributed by atoms with E-state index in [-0.39, 0.29) is 18.1 Å². The van der Waals surface area contributed by atoms with Crippen LogP contribution >= 0.6 is 0 Å². The van der Waals surface area contributed by atoms with Crippen LogP contribution in [0.3, 0.4) is 0 Å². The lowest BCUT2D eigenvalue weighted by molar-refractivity contribution is -0.305. The van der Waals surface area contributed by atoms with E-state index in [1.54, 1.807) is 6.08 Å². The van der Waals surface area contributed by atoms with Crippen molar-refractivity contribution < 1.29 is 19.8 Å². The van der Waals surface area contributed by atoms with Crippen LogP contribution in [-0.2, 0) is 9.59 Å². The standard InChI is InChI=1S/C20H30O4/c1-2-3-6-9-17(21)14-12-16-13-15-19(22)18(16)10-7-4-5-8-11-20(23)24/h4,7,12-14,17-18,21H,2-3,5-6,8-11,15H2,1H3,(H,23,24)/p-1/b7-4-,14-12+/t17-,18+/m0/s1. The molecule has 1 aliphatic rings. The highest BCUT2D eigenvalue weighted by Crippen LogP contribution is 2.27. The molecule has 2 atom stereocenters. The first-order valence-corrected chi connectivity index (χ1v) is 8.98. The molecule has 0 radical (unpaired) electrons. The zero-order chi connectivity index (χ0) is 17.8. The van der Waals surface area contributed by atoms with Gasteiger partial charge in [0.05, 0.1) is 6.10 Å². The SMILES string of the molecule is CCCCC[C@H](O)/C=C/C1=CCC(=O)[C@@H]1C/C=C\CCCC(=O)[O-]. The summed E-state index contributed by atoms with van der Waals surface area (Å²) in [5.74, 6) is -0.960. The Balaban J connectivity index is 2.39. The Morgan fingerprint density at radius 3 is 2.88 bits per heavy atom. The topological polar surface area (TPSA) is 77.4 Å². The van der Waals surface area contributed by atoms with Crippen LogP contribution in [0.5, 0.6) is 0 Å². The molecular formula is C20H29O4-. The van der Waals surface area contributed by atoms with Crippen molar-refractivity contribution in [3.8, 4) is 0 Å². The summed E-state index contributed by atoms with van der Waals surface area (Å²) < 4.78 is 0. The molecule has 0 aromatic rings. The molecule has 0 aliphatic heterocycles. The largest absolute Gasteiger partial charge is 0.550 e. The van der Waals surface area contributed by atoms with Crippen LogP contribution in [0.15, 0.2) is 36.0 Å². The summed E-state index contributed by atoms with van der Waals surface area (Å²) in [4.78, 5) is 22.3. The first-order valence-electron chi connectivity index (χ1n) is 8.98. The van der Waals surface area contributed by atoms with Crippen LogP contribution in [0.4, 0.5) is 0 Å². The minimum Gasteiger partial charge on any atom is -0.550 e. The zero-order valence-electron chi connectivity index (χ0n) is 14.6. The molecule has 0 spiro atoms. The molecule has 0 saturated heterocycles. The first kappa shape index (κ1) is 20.4. The minimum absolute atomic E-state index is 0.0660. The first-order chi connectivity index (χ1) is 11.5. The van der Waals surface area contributed by atoms with Crippen molar-refractivity contribution in [2.24, 2.45) is 5.92 Å². The van der Waals surface area contributed by atoms with E-state index in [1.165, 1.54) is 0 Å². The van der Waals surface area contributed by atoms with Crippen molar-refractivity contribution in [3.63, 3.8) is 0 Å². The second-order valence-corrected chi connectivity index (χ2v) is 6.32. The van der Waals surface area contributed by atoms with Gasteiger partial charge in [-0.05, 0) is 37.7 Å². The van der Waals surface area contributed by atoms with Crippen molar-refractivity contribution in [2.75, 3.05) is 0 Å². The number of carbonyl (C=O) groups excluding carboxylic acids is 2. The predicted molar refractivity (Wildman–Crippen MR) is 93.1 cm³/mol. The van der Waals surface area contributed by atoms with Crippen LogP contribution in [0.1, 0.15) is 64.7 Å². The van der Waals surface area contributed by atoms with Gasteiger partial charge < -0.3 is 15.0 Å². The van der Waals surface area contributed by atoms with Crippen LogP contribution in [0, 0.1) is 5.92 Å². The second-order valence-electron chi connectivity index (χ2n) is 6.32. The lowest BCUT2D eigenvalue weighted by Gasteiger charge is -2.09. The summed E-state index contributed by atoms with van der Waals surface area (Å²) in [5.41, 5.74) is 0.980. The van der Waals surface area contributed by atoms with E-state index in [0.717, 1.165) is 31.3 Å². The fraction of sp³-hybridized carbons (Fsp3) is 0.600. The van der Waals surface area contributed by atoms with Crippen LogP contribution in [0.2, 0.25) is 0 Å². The molecule has 0 unspecified atom stereocenters. The smallest absolute Gasteiger partial charge is 0.144 e. The third-order valence-electron chi connectivity index (χ3n) is 4.23. The number of aliphatic hydroxyl groups excluding tert-OH is 1. The second kappa shape index (κ2) is 11.8. The Labute approximate surface area is 145 Å². The summed E-state index contributed by atoms with van der Waals surface area (Å²) >= 11 is 0. The van der Waals surface area contributed by atoms with Crippen molar-refractivity contribution >= 4 is 11.8 Å². The molecular weight excluding hydrogens is 304 g/mol. The Kier molecular flexibility index (Phi) is 10.0. The molecule has 0 heterocycles. The fourth-order valence-corrected chi connectivity index (χ4v) is 2.78. The van der Waals surface area contributed by atoms with E-state index < -0.39 is 12.1 Å². The average molecular weight is 333 g/mol. The summed E-state index contributed by atoms with van der Waals surface area (Å²) in [6, 6.07) is 0. The maximum absolute atomic E-state index is 12.0. The number of aliphatic hydroxyl groups is 1. The highest BCUT2D eigenvalue weighted by Gasteiger charge is 2.24. The molecule has 0 aromatic carbocycles. The maximum Gasteiger partial charge on any atom is 0.144 e. The van der Waals surface area contributed by atoms with Crippen LogP contribution in [0.25, 0.3) is 0 Å². The molecule has 0 saturated carbocycles. The number of rotatable bonds is 12. The predicted octanol–water partition coefficient (Wildman–Crippen LogP) is 2.87. The molecule has 0 fully saturated rings. The Morgan fingerprint density at radius 2 is 2.17 bits per heavy atom. The number of carboxylic acid groups (broad SMARTS) is 1. The van der Waals surface area contributed by atoms with Crippen molar-refractivity contribution in [1.29, 1.82) is 0 Å². The number of hydrogen-bond acceptors (Lipinski definition) is 4. The van der Waals surface area contributed by atoms with Gasteiger partial charge in [0.1, 0.15) is 5.78 Å². The molecule has 1 rings (SSSR count). The molecule has 0 bridgehead atoms. The van der Waals surface area contributed by atoms with Gasteiger partial charge in [-0.25, -0.2) is 0 Å². The Bertz CT molecular complexity index is 488. The van der Waals surface area contributed by atoms with Gasteiger partial charge >= 0.3 is 0 Å². The van der Waals surface area contributed by atoms with E-state index in [1.807, 2.05) is 24.3 Å². The highest BCUT2D eigenvalue weighted by atomic mass is 16.4. The number of aliphatic carboxylic acids is 1. The number of unbranched alkanes of at least 4 members (excludes halogenated alkanes) is 3. The third-order valence-corrected chi connectivity index (χ3v) is 4.23. The summed E-state index contributed by atoms with van der Waals surface area (Å²) in [6.07, 6.45) is 15.4.